The molecule has 2 saturated heterocycles. The van der Waals surface area contributed by atoms with Crippen LogP contribution in [0.15, 0.2) is 42.5 Å². The van der Waals surface area contributed by atoms with Crippen LogP contribution in [-0.2, 0) is 0 Å². The van der Waals surface area contributed by atoms with E-state index >= 15 is 0 Å². The first kappa shape index (κ1) is 17.5. The van der Waals surface area contributed by atoms with Gasteiger partial charge in [-0.1, -0.05) is 18.2 Å². The zero-order valence-corrected chi connectivity index (χ0v) is 15.8. The Bertz CT molecular complexity index is 918. The molecule has 3 heterocycles. The van der Waals surface area contributed by atoms with Gasteiger partial charge in [-0.15, -0.1) is 0 Å². The standard InChI is InChI=1S/C22H23FN2O3/c1-24-11-15-12-25(13-18(15)20(24)14-4-2-5-16(23)10-14)22(26)17-6-3-7-19-21(17)28-9-8-27-19/h2-7,10,15,18,20H,8-9,11-13H2,1H3/t15-,18+,20-/m0/s1. The number of hydrogen-bond donors (Lipinski definition) is 0. The second-order valence-electron chi connectivity index (χ2n) is 7.90. The van der Waals surface area contributed by atoms with Crippen molar-refractivity contribution in [2.75, 3.05) is 39.9 Å². The fourth-order valence-corrected chi connectivity index (χ4v) is 5.03. The predicted octanol–water partition coefficient (Wildman–Crippen LogP) is 2.97. The number of amides is 1. The lowest BCUT2D eigenvalue weighted by Crippen LogP contribution is -2.34. The van der Waals surface area contributed by atoms with Gasteiger partial charge in [-0.2, -0.15) is 0 Å². The topological polar surface area (TPSA) is 42.0 Å². The van der Waals surface area contributed by atoms with Crippen molar-refractivity contribution in [1.82, 2.24) is 9.80 Å². The Morgan fingerprint density at radius 2 is 1.89 bits per heavy atom. The number of halogens is 1. The summed E-state index contributed by atoms with van der Waals surface area (Å²) in [7, 11) is 2.08. The molecular weight excluding hydrogens is 359 g/mol. The lowest BCUT2D eigenvalue weighted by Gasteiger charge is -2.27. The smallest absolute Gasteiger partial charge is 0.257 e. The van der Waals surface area contributed by atoms with Gasteiger partial charge >= 0.3 is 0 Å². The molecule has 2 aromatic carbocycles. The molecule has 3 aliphatic heterocycles. The van der Waals surface area contributed by atoms with Crippen LogP contribution in [0.2, 0.25) is 0 Å². The minimum atomic E-state index is -0.214. The number of ether oxygens (including phenoxy) is 2. The maximum absolute atomic E-state index is 13.8. The van der Waals surface area contributed by atoms with Gasteiger partial charge in [0.1, 0.15) is 19.0 Å². The number of carbonyl (C=O) groups is 1. The Morgan fingerprint density at radius 3 is 2.75 bits per heavy atom. The number of benzene rings is 2. The number of hydrogen-bond acceptors (Lipinski definition) is 4. The largest absolute Gasteiger partial charge is 0.486 e. The van der Waals surface area contributed by atoms with E-state index in [9.17, 15) is 9.18 Å². The van der Waals surface area contributed by atoms with Crippen molar-refractivity contribution in [2.45, 2.75) is 6.04 Å². The average molecular weight is 382 g/mol. The van der Waals surface area contributed by atoms with E-state index in [1.807, 2.05) is 23.1 Å². The van der Waals surface area contributed by atoms with Crippen LogP contribution in [-0.4, -0.2) is 55.6 Å². The maximum atomic E-state index is 13.8. The van der Waals surface area contributed by atoms with Crippen LogP contribution in [0.4, 0.5) is 4.39 Å². The van der Waals surface area contributed by atoms with Gasteiger partial charge < -0.3 is 14.4 Å². The number of para-hydroxylation sites is 1. The fourth-order valence-electron chi connectivity index (χ4n) is 5.03. The summed E-state index contributed by atoms with van der Waals surface area (Å²) < 4.78 is 25.1. The summed E-state index contributed by atoms with van der Waals surface area (Å²) in [6.07, 6.45) is 0. The summed E-state index contributed by atoms with van der Waals surface area (Å²) in [6.45, 7) is 3.24. The SMILES string of the molecule is CN1C[C@H]2CN(C(=O)c3cccc4c3OCCO4)C[C@H]2[C@@H]1c1cccc(F)c1. The van der Waals surface area contributed by atoms with Gasteiger partial charge in [0.25, 0.3) is 5.91 Å². The molecule has 5 nitrogen and oxygen atoms in total. The molecule has 0 N–H and O–H groups in total. The number of fused-ring (bicyclic) bond motifs is 2. The highest BCUT2D eigenvalue weighted by Gasteiger charge is 2.47. The molecule has 3 aliphatic rings. The van der Waals surface area contributed by atoms with Crippen LogP contribution in [0.25, 0.3) is 0 Å². The molecule has 1 amide bonds. The second-order valence-corrected chi connectivity index (χ2v) is 7.90. The molecule has 5 rings (SSSR count). The summed E-state index contributed by atoms with van der Waals surface area (Å²) >= 11 is 0. The summed E-state index contributed by atoms with van der Waals surface area (Å²) in [4.78, 5) is 17.4. The predicted molar refractivity (Wildman–Crippen MR) is 102 cm³/mol. The normalized spacial score (nSPS) is 26.4. The van der Waals surface area contributed by atoms with E-state index in [1.54, 1.807) is 18.2 Å². The van der Waals surface area contributed by atoms with Gasteiger partial charge in [0.2, 0.25) is 0 Å². The van der Waals surface area contributed by atoms with Gasteiger partial charge in [0, 0.05) is 31.6 Å². The van der Waals surface area contributed by atoms with Crippen molar-refractivity contribution in [3.63, 3.8) is 0 Å². The Balaban J connectivity index is 1.40. The molecule has 0 radical (unpaired) electrons. The van der Waals surface area contributed by atoms with Crippen molar-refractivity contribution >= 4 is 5.91 Å². The summed E-state index contributed by atoms with van der Waals surface area (Å²) in [6, 6.07) is 12.4. The Morgan fingerprint density at radius 1 is 1.07 bits per heavy atom. The van der Waals surface area contributed by atoms with Crippen LogP contribution in [0.5, 0.6) is 11.5 Å². The molecule has 0 spiro atoms. The molecule has 146 valence electrons. The number of carbonyl (C=O) groups excluding carboxylic acids is 1. The lowest BCUT2D eigenvalue weighted by molar-refractivity contribution is 0.0757. The van der Waals surface area contributed by atoms with Gasteiger partial charge in [0.05, 0.1) is 5.56 Å². The van der Waals surface area contributed by atoms with E-state index < -0.39 is 0 Å². The lowest BCUT2D eigenvalue weighted by atomic mass is 9.89. The Labute approximate surface area is 163 Å². The van der Waals surface area contributed by atoms with Crippen LogP contribution in [0, 0.1) is 17.7 Å². The molecule has 0 aromatic heterocycles. The van der Waals surface area contributed by atoms with Gasteiger partial charge in [-0.25, -0.2) is 4.39 Å². The fraction of sp³-hybridized carbons (Fsp3) is 0.409. The van der Waals surface area contributed by atoms with Crippen LogP contribution in [0.3, 0.4) is 0 Å². The molecular formula is C22H23FN2O3. The second kappa shape index (κ2) is 6.78. The van der Waals surface area contributed by atoms with Crippen molar-refractivity contribution in [1.29, 1.82) is 0 Å². The molecule has 6 heteroatoms. The van der Waals surface area contributed by atoms with E-state index in [4.69, 9.17) is 9.47 Å². The van der Waals surface area contributed by atoms with Gasteiger partial charge in [-0.3, -0.25) is 9.69 Å². The minimum Gasteiger partial charge on any atom is -0.486 e. The van der Waals surface area contributed by atoms with Gasteiger partial charge in [0.15, 0.2) is 11.5 Å². The van der Waals surface area contributed by atoms with E-state index in [0.717, 1.165) is 12.1 Å². The number of likely N-dealkylation sites (tertiary alicyclic amines) is 2. The third kappa shape index (κ3) is 2.83. The van der Waals surface area contributed by atoms with Crippen molar-refractivity contribution < 1.29 is 18.7 Å². The van der Waals surface area contributed by atoms with Crippen LogP contribution >= 0.6 is 0 Å². The first-order valence-electron chi connectivity index (χ1n) is 9.75. The zero-order chi connectivity index (χ0) is 19.3. The van der Waals surface area contributed by atoms with E-state index in [0.29, 0.717) is 55.2 Å². The number of rotatable bonds is 2. The Hall–Kier alpha value is -2.60. The summed E-state index contributed by atoms with van der Waals surface area (Å²) in [5.74, 6) is 1.64. The molecule has 28 heavy (non-hydrogen) atoms. The molecule has 3 atom stereocenters. The monoisotopic (exact) mass is 382 g/mol. The first-order chi connectivity index (χ1) is 13.6. The maximum Gasteiger partial charge on any atom is 0.257 e. The summed E-state index contributed by atoms with van der Waals surface area (Å²) in [5, 5.41) is 0. The van der Waals surface area contributed by atoms with Crippen LogP contribution in [0.1, 0.15) is 22.0 Å². The molecule has 0 bridgehead atoms. The Kier molecular flexibility index (Phi) is 4.23. The zero-order valence-electron chi connectivity index (χ0n) is 15.8. The van der Waals surface area contributed by atoms with E-state index in [-0.39, 0.29) is 17.8 Å². The van der Waals surface area contributed by atoms with Crippen molar-refractivity contribution in [3.8, 4) is 11.5 Å². The van der Waals surface area contributed by atoms with Crippen molar-refractivity contribution in [3.05, 3.63) is 59.4 Å². The average Bonchev–Trinajstić information content (AvgIpc) is 3.23. The number of nitrogens with zero attached hydrogens (tertiary/aromatic N) is 2. The highest BCUT2D eigenvalue weighted by atomic mass is 19.1. The quantitative estimate of drug-likeness (QED) is 0.801. The van der Waals surface area contributed by atoms with E-state index in [2.05, 4.69) is 11.9 Å². The van der Waals surface area contributed by atoms with Crippen LogP contribution < -0.4 is 9.47 Å². The summed E-state index contributed by atoms with van der Waals surface area (Å²) in [5.41, 5.74) is 1.55. The van der Waals surface area contributed by atoms with Crippen molar-refractivity contribution in [2.24, 2.45) is 11.8 Å². The molecule has 2 aromatic rings. The molecule has 0 aliphatic carbocycles. The van der Waals surface area contributed by atoms with E-state index in [1.165, 1.54) is 6.07 Å². The van der Waals surface area contributed by atoms with Gasteiger partial charge in [-0.05, 0) is 42.8 Å². The highest BCUT2D eigenvalue weighted by Crippen LogP contribution is 2.45. The third-order valence-electron chi connectivity index (χ3n) is 6.17. The molecule has 2 fully saturated rings. The first-order valence-corrected chi connectivity index (χ1v) is 9.75. The molecule has 0 saturated carbocycles. The molecule has 0 unspecified atom stereocenters. The minimum absolute atomic E-state index is 0.0163. The highest BCUT2D eigenvalue weighted by molar-refractivity contribution is 5.98. The third-order valence-corrected chi connectivity index (χ3v) is 6.17.